The number of pyridine rings is 1. The summed E-state index contributed by atoms with van der Waals surface area (Å²) in [5.41, 5.74) is 2.18. The second-order valence-electron chi connectivity index (χ2n) is 4.53. The van der Waals surface area contributed by atoms with E-state index in [1.165, 1.54) is 11.8 Å². The summed E-state index contributed by atoms with van der Waals surface area (Å²) < 4.78 is 12.6. The maximum absolute atomic E-state index is 7.05. The Kier molecular flexibility index (Phi) is 8.98. The van der Waals surface area contributed by atoms with Gasteiger partial charge in [0, 0.05) is 18.3 Å². The van der Waals surface area contributed by atoms with Gasteiger partial charge in [0.15, 0.2) is 19.2 Å². The number of hydrogen-bond acceptors (Lipinski definition) is 3. The summed E-state index contributed by atoms with van der Waals surface area (Å²) >= 11 is 0. The molecule has 0 saturated carbocycles. The summed E-state index contributed by atoms with van der Waals surface area (Å²) in [6, 6.07) is 4.07. The van der Waals surface area contributed by atoms with E-state index >= 15 is 0 Å². The van der Waals surface area contributed by atoms with Gasteiger partial charge in [0.1, 0.15) is 0 Å². The first kappa shape index (κ1) is 17.6. The van der Waals surface area contributed by atoms with Crippen LogP contribution in [0.2, 0.25) is 0 Å². The molecule has 1 heterocycles. The Morgan fingerprint density at radius 1 is 1.23 bits per heavy atom. The van der Waals surface area contributed by atoms with E-state index in [-0.39, 0.29) is 6.79 Å². The van der Waals surface area contributed by atoms with Crippen LogP contribution in [0.5, 0.6) is 0 Å². The van der Waals surface area contributed by atoms with Crippen LogP contribution in [0.4, 0.5) is 0 Å². The number of allylic oxidation sites excluding steroid dienone is 5. The molecule has 4 heteroatoms. The Morgan fingerprint density at radius 3 is 2.64 bits per heavy atom. The van der Waals surface area contributed by atoms with Gasteiger partial charge in [-0.15, -0.1) is 13.2 Å². The van der Waals surface area contributed by atoms with Gasteiger partial charge in [-0.25, -0.2) is 0 Å². The predicted molar refractivity (Wildman–Crippen MR) is 88.4 cm³/mol. The third-order valence-electron chi connectivity index (χ3n) is 2.79. The smallest absolute Gasteiger partial charge is 0.255 e. The number of hydrogen-bond donors (Lipinski definition) is 1. The molecule has 1 aromatic heterocycles. The summed E-state index contributed by atoms with van der Waals surface area (Å²) in [6.07, 6.45) is 15.5. The highest BCUT2D eigenvalue weighted by Crippen LogP contribution is 2.03. The molecule has 0 saturated heterocycles. The second-order valence-corrected chi connectivity index (χ2v) is 4.53. The molecule has 22 heavy (non-hydrogen) atoms. The Labute approximate surface area is 132 Å². The van der Waals surface area contributed by atoms with Crippen molar-refractivity contribution in [2.45, 2.75) is 19.6 Å². The zero-order valence-corrected chi connectivity index (χ0v) is 12.8. The normalized spacial score (nSPS) is 11.4. The van der Waals surface area contributed by atoms with Crippen LogP contribution < -0.4 is 4.57 Å². The maximum atomic E-state index is 7.05. The quantitative estimate of drug-likeness (QED) is 0.130. The molecule has 1 N–H and O–H groups in total. The largest absolute Gasteiger partial charge is 0.475 e. The van der Waals surface area contributed by atoms with E-state index in [9.17, 15) is 0 Å². The topological polar surface area (TPSA) is 46.2 Å². The van der Waals surface area contributed by atoms with Crippen LogP contribution in [-0.2, 0) is 22.6 Å². The fourth-order valence-electron chi connectivity index (χ4n) is 1.71. The number of nitrogens with zero attached hydrogens (tertiary/aromatic N) is 1. The van der Waals surface area contributed by atoms with Gasteiger partial charge in [0.25, 0.3) is 6.73 Å². The van der Waals surface area contributed by atoms with Gasteiger partial charge in [-0.2, -0.15) is 4.57 Å². The van der Waals surface area contributed by atoms with Gasteiger partial charge in [-0.05, 0) is 36.1 Å². The van der Waals surface area contributed by atoms with Gasteiger partial charge in [0.05, 0.1) is 6.26 Å². The lowest BCUT2D eigenvalue weighted by Crippen LogP contribution is -2.34. The highest BCUT2D eigenvalue weighted by Gasteiger charge is 1.99. The molecular formula is C18H23N2O2+. The van der Waals surface area contributed by atoms with Gasteiger partial charge >= 0.3 is 0 Å². The van der Waals surface area contributed by atoms with Gasteiger partial charge in [0.2, 0.25) is 0 Å². The fourth-order valence-corrected chi connectivity index (χ4v) is 1.71. The standard InChI is InChI=1S/C18H23N2O2/c1-3-5-17(7-11-19)10-14-21-16-22-15-20-12-8-18(6-4-2)9-13-20/h3-4,7-14,19H,1-2,5-6,15-16H2/q+1/b14-10-,17-7-,19-11?. The lowest BCUT2D eigenvalue weighted by molar-refractivity contribution is -0.734. The first-order valence-electron chi connectivity index (χ1n) is 7.05. The third-order valence-corrected chi connectivity index (χ3v) is 2.79. The molecule has 0 radical (unpaired) electrons. The summed E-state index contributed by atoms with van der Waals surface area (Å²) in [7, 11) is 0. The molecule has 1 aromatic rings. The van der Waals surface area contributed by atoms with E-state index in [0.717, 1.165) is 12.0 Å². The van der Waals surface area contributed by atoms with Crippen LogP contribution in [0.3, 0.4) is 0 Å². The fraction of sp³-hybridized carbons (Fsp3) is 0.222. The van der Waals surface area contributed by atoms with Crippen LogP contribution in [0.25, 0.3) is 0 Å². The minimum atomic E-state index is 0.171. The van der Waals surface area contributed by atoms with Crippen molar-refractivity contribution in [2.75, 3.05) is 6.79 Å². The van der Waals surface area contributed by atoms with Crippen LogP contribution >= 0.6 is 0 Å². The maximum Gasteiger partial charge on any atom is 0.255 e. The highest BCUT2D eigenvalue weighted by atomic mass is 16.7. The van der Waals surface area contributed by atoms with Crippen LogP contribution in [0.1, 0.15) is 12.0 Å². The molecule has 0 spiro atoms. The second kappa shape index (κ2) is 11.2. The van der Waals surface area contributed by atoms with Crippen molar-refractivity contribution in [3.8, 4) is 0 Å². The van der Waals surface area contributed by atoms with E-state index in [1.807, 2.05) is 35.2 Å². The molecule has 0 bridgehead atoms. The average Bonchev–Trinajstić information content (AvgIpc) is 2.53. The van der Waals surface area contributed by atoms with Crippen molar-refractivity contribution in [1.29, 1.82) is 5.41 Å². The van der Waals surface area contributed by atoms with Gasteiger partial charge in [-0.1, -0.05) is 12.2 Å². The summed E-state index contributed by atoms with van der Waals surface area (Å²) in [5, 5.41) is 7.05. The van der Waals surface area contributed by atoms with Crippen LogP contribution in [0.15, 0.2) is 73.8 Å². The number of nitrogens with one attached hydrogen (secondary N) is 1. The molecule has 0 unspecified atom stereocenters. The zero-order chi connectivity index (χ0) is 16.0. The molecule has 0 atom stereocenters. The van der Waals surface area contributed by atoms with Crippen molar-refractivity contribution in [3.05, 3.63) is 79.4 Å². The Bertz CT molecular complexity index is 531. The molecule has 1 rings (SSSR count). The molecule has 0 fully saturated rings. The minimum Gasteiger partial charge on any atom is -0.475 e. The Balaban J connectivity index is 2.27. The number of ether oxygens (including phenoxy) is 2. The van der Waals surface area contributed by atoms with Crippen molar-refractivity contribution in [3.63, 3.8) is 0 Å². The predicted octanol–water partition coefficient (Wildman–Crippen LogP) is 3.32. The lowest BCUT2D eigenvalue weighted by atomic mass is 10.2. The summed E-state index contributed by atoms with van der Waals surface area (Å²) in [5.74, 6) is 0. The third kappa shape index (κ3) is 7.36. The first-order chi connectivity index (χ1) is 10.8. The first-order valence-corrected chi connectivity index (χ1v) is 7.05. The molecule has 0 aliphatic carbocycles. The average molecular weight is 299 g/mol. The SMILES string of the molecule is C=CCC(/C=C\OCOC[n+]1ccc(CC=C)cc1)=C/C=N. The van der Waals surface area contributed by atoms with E-state index in [0.29, 0.717) is 13.2 Å². The number of aromatic nitrogens is 1. The van der Waals surface area contributed by atoms with Crippen molar-refractivity contribution in [1.82, 2.24) is 0 Å². The Hall–Kier alpha value is -2.46. The molecular weight excluding hydrogens is 276 g/mol. The summed E-state index contributed by atoms with van der Waals surface area (Å²) in [4.78, 5) is 0. The Morgan fingerprint density at radius 2 is 2.00 bits per heavy atom. The summed E-state index contributed by atoms with van der Waals surface area (Å²) in [6.45, 7) is 7.98. The van der Waals surface area contributed by atoms with E-state index in [2.05, 4.69) is 13.2 Å². The van der Waals surface area contributed by atoms with E-state index < -0.39 is 0 Å². The van der Waals surface area contributed by atoms with Crippen molar-refractivity contribution in [2.24, 2.45) is 0 Å². The molecule has 4 nitrogen and oxygen atoms in total. The van der Waals surface area contributed by atoms with Gasteiger partial charge in [-0.3, -0.25) is 4.74 Å². The van der Waals surface area contributed by atoms with E-state index in [1.54, 1.807) is 24.5 Å². The van der Waals surface area contributed by atoms with Crippen LogP contribution in [-0.4, -0.2) is 13.0 Å². The number of rotatable bonds is 11. The van der Waals surface area contributed by atoms with Crippen LogP contribution in [0, 0.1) is 5.41 Å². The minimum absolute atomic E-state index is 0.171. The van der Waals surface area contributed by atoms with Crippen molar-refractivity contribution >= 4 is 6.21 Å². The molecule has 0 aliphatic heterocycles. The monoisotopic (exact) mass is 299 g/mol. The molecule has 0 amide bonds. The van der Waals surface area contributed by atoms with Crippen molar-refractivity contribution < 1.29 is 14.0 Å². The molecule has 0 aromatic carbocycles. The highest BCUT2D eigenvalue weighted by molar-refractivity contribution is 5.69. The van der Waals surface area contributed by atoms with Gasteiger partial charge < -0.3 is 10.1 Å². The van der Waals surface area contributed by atoms with E-state index in [4.69, 9.17) is 14.9 Å². The molecule has 116 valence electrons. The zero-order valence-electron chi connectivity index (χ0n) is 12.8. The molecule has 0 aliphatic rings. The lowest BCUT2D eigenvalue weighted by Gasteiger charge is -2.02.